The maximum absolute atomic E-state index is 11.7. The monoisotopic (exact) mass is 289 g/mol. The molecule has 0 saturated carbocycles. The zero-order valence-corrected chi connectivity index (χ0v) is 12.2. The summed E-state index contributed by atoms with van der Waals surface area (Å²) < 4.78 is 5.12. The van der Waals surface area contributed by atoms with Crippen LogP contribution in [0.3, 0.4) is 0 Å². The first-order valence-electron chi connectivity index (χ1n) is 6.77. The van der Waals surface area contributed by atoms with Crippen LogP contribution in [0.4, 0.5) is 5.82 Å². The second-order valence-corrected chi connectivity index (χ2v) is 6.77. The van der Waals surface area contributed by atoms with Crippen LogP contribution in [-0.4, -0.2) is 35.6 Å². The van der Waals surface area contributed by atoms with Gasteiger partial charge in [0.2, 0.25) is 0 Å². The molecule has 2 fully saturated rings. The number of nitrogens with zero attached hydrogens (tertiary/aromatic N) is 3. The van der Waals surface area contributed by atoms with Gasteiger partial charge in [0.25, 0.3) is 0 Å². The number of rotatable bonds is 1. The summed E-state index contributed by atoms with van der Waals surface area (Å²) >= 11 is 1.70. The highest BCUT2D eigenvalue weighted by atomic mass is 32.1. The first-order chi connectivity index (χ1) is 9.65. The quantitative estimate of drug-likeness (QED) is 0.751. The summed E-state index contributed by atoms with van der Waals surface area (Å²) in [5.74, 6) is 1.24. The van der Waals surface area contributed by atoms with Gasteiger partial charge < -0.3 is 9.64 Å². The second-order valence-electron chi connectivity index (χ2n) is 5.56. The molecule has 104 valence electrons. The lowest BCUT2D eigenvalue weighted by Gasteiger charge is -2.19. The highest BCUT2D eigenvalue weighted by molar-refractivity contribution is 7.18. The van der Waals surface area contributed by atoms with Gasteiger partial charge in [-0.25, -0.2) is 9.97 Å². The molecule has 0 unspecified atom stereocenters. The topological polar surface area (TPSA) is 55.3 Å². The minimum absolute atomic E-state index is 0.0139. The summed E-state index contributed by atoms with van der Waals surface area (Å²) in [7, 11) is 0. The number of fused-ring (bicyclic) bond motifs is 2. The van der Waals surface area contributed by atoms with E-state index in [0.717, 1.165) is 22.6 Å². The van der Waals surface area contributed by atoms with Gasteiger partial charge in [-0.1, -0.05) is 0 Å². The van der Waals surface area contributed by atoms with Crippen molar-refractivity contribution in [2.24, 2.45) is 11.8 Å². The van der Waals surface area contributed by atoms with Gasteiger partial charge in [-0.15, -0.1) is 11.3 Å². The number of thiophene rings is 1. The van der Waals surface area contributed by atoms with Crippen molar-refractivity contribution in [1.82, 2.24) is 9.97 Å². The molecule has 0 aliphatic carbocycles. The Balaban J connectivity index is 1.78. The van der Waals surface area contributed by atoms with E-state index in [1.54, 1.807) is 17.7 Å². The number of ether oxygens (including phenoxy) is 1. The van der Waals surface area contributed by atoms with E-state index in [4.69, 9.17) is 4.74 Å². The Morgan fingerprint density at radius 3 is 3.00 bits per heavy atom. The molecule has 0 N–H and O–H groups in total. The lowest BCUT2D eigenvalue weighted by atomic mass is 10.0. The van der Waals surface area contributed by atoms with Crippen LogP contribution in [0.15, 0.2) is 6.33 Å². The van der Waals surface area contributed by atoms with Gasteiger partial charge in [0.15, 0.2) is 0 Å². The number of carbonyl (C=O) groups is 1. The highest BCUT2D eigenvalue weighted by Crippen LogP contribution is 2.38. The van der Waals surface area contributed by atoms with Crippen molar-refractivity contribution in [2.45, 2.75) is 13.8 Å². The predicted octanol–water partition coefficient (Wildman–Crippen LogP) is 1.92. The molecule has 6 heteroatoms. The van der Waals surface area contributed by atoms with Crippen molar-refractivity contribution in [1.29, 1.82) is 0 Å². The predicted molar refractivity (Wildman–Crippen MR) is 77.0 cm³/mol. The number of esters is 1. The van der Waals surface area contributed by atoms with Crippen LogP contribution >= 0.6 is 11.3 Å². The van der Waals surface area contributed by atoms with Crippen LogP contribution in [0.25, 0.3) is 10.2 Å². The molecule has 5 nitrogen and oxygen atoms in total. The van der Waals surface area contributed by atoms with E-state index in [1.165, 1.54) is 10.4 Å². The van der Waals surface area contributed by atoms with E-state index in [2.05, 4.69) is 28.7 Å². The minimum Gasteiger partial charge on any atom is -0.465 e. The van der Waals surface area contributed by atoms with Gasteiger partial charge in [0.05, 0.1) is 17.9 Å². The first-order valence-corrected chi connectivity index (χ1v) is 7.59. The molecule has 0 amide bonds. The van der Waals surface area contributed by atoms with E-state index >= 15 is 0 Å². The molecule has 20 heavy (non-hydrogen) atoms. The van der Waals surface area contributed by atoms with Gasteiger partial charge in [-0.05, 0) is 19.4 Å². The zero-order chi connectivity index (χ0) is 13.9. The Kier molecular flexibility index (Phi) is 2.51. The van der Waals surface area contributed by atoms with Gasteiger partial charge in [-0.2, -0.15) is 0 Å². The number of anilines is 1. The fourth-order valence-corrected chi connectivity index (χ4v) is 4.17. The Bertz CT molecular complexity index is 712. The smallest absolute Gasteiger partial charge is 0.311 e. The summed E-state index contributed by atoms with van der Waals surface area (Å²) in [6, 6.07) is 0. The maximum Gasteiger partial charge on any atom is 0.311 e. The Morgan fingerprint density at radius 2 is 2.20 bits per heavy atom. The van der Waals surface area contributed by atoms with Crippen molar-refractivity contribution >= 4 is 33.3 Å². The van der Waals surface area contributed by atoms with E-state index in [0.29, 0.717) is 19.1 Å². The van der Waals surface area contributed by atoms with Gasteiger partial charge >= 0.3 is 5.97 Å². The molecule has 2 saturated heterocycles. The number of hydrogen-bond donors (Lipinski definition) is 0. The van der Waals surface area contributed by atoms with E-state index < -0.39 is 0 Å². The molecule has 2 aliphatic heterocycles. The number of carbonyl (C=O) groups excluding carboxylic acids is 1. The van der Waals surface area contributed by atoms with Crippen molar-refractivity contribution in [2.75, 3.05) is 24.6 Å². The van der Waals surface area contributed by atoms with Gasteiger partial charge in [0, 0.05) is 23.9 Å². The van der Waals surface area contributed by atoms with Crippen molar-refractivity contribution in [3.8, 4) is 0 Å². The number of aromatic nitrogens is 2. The van der Waals surface area contributed by atoms with Crippen LogP contribution < -0.4 is 4.90 Å². The molecule has 2 atom stereocenters. The molecular formula is C14H15N3O2S. The van der Waals surface area contributed by atoms with Gasteiger partial charge in [0.1, 0.15) is 17.0 Å². The number of cyclic esters (lactones) is 1. The second kappa shape index (κ2) is 4.15. The Morgan fingerprint density at radius 1 is 1.35 bits per heavy atom. The fourth-order valence-electron chi connectivity index (χ4n) is 3.18. The molecule has 4 heterocycles. The van der Waals surface area contributed by atoms with E-state index in [9.17, 15) is 4.79 Å². The van der Waals surface area contributed by atoms with Crippen LogP contribution in [0.1, 0.15) is 10.4 Å². The number of hydrogen-bond acceptors (Lipinski definition) is 6. The van der Waals surface area contributed by atoms with Crippen LogP contribution in [0.5, 0.6) is 0 Å². The van der Waals surface area contributed by atoms with Crippen molar-refractivity contribution in [3.05, 3.63) is 16.8 Å². The van der Waals surface area contributed by atoms with Crippen molar-refractivity contribution in [3.63, 3.8) is 0 Å². The van der Waals surface area contributed by atoms with Crippen LogP contribution in [0.2, 0.25) is 0 Å². The average Bonchev–Trinajstić information content (AvgIpc) is 3.07. The summed E-state index contributed by atoms with van der Waals surface area (Å²) in [6.45, 7) is 6.34. The largest absolute Gasteiger partial charge is 0.465 e. The Hall–Kier alpha value is -1.69. The normalized spacial score (nSPS) is 25.3. The maximum atomic E-state index is 11.7. The third-order valence-electron chi connectivity index (χ3n) is 4.43. The van der Waals surface area contributed by atoms with E-state index in [-0.39, 0.29) is 11.9 Å². The zero-order valence-electron chi connectivity index (χ0n) is 11.4. The van der Waals surface area contributed by atoms with E-state index in [1.807, 2.05) is 0 Å². The SMILES string of the molecule is Cc1sc2ncnc(N3C[C@@H]4COC(=O)[C@@H]4C3)c2c1C. The summed E-state index contributed by atoms with van der Waals surface area (Å²) in [6.07, 6.45) is 1.62. The van der Waals surface area contributed by atoms with Crippen LogP contribution in [0, 0.1) is 25.7 Å². The van der Waals surface area contributed by atoms with Crippen LogP contribution in [-0.2, 0) is 9.53 Å². The molecule has 0 aromatic carbocycles. The third-order valence-corrected chi connectivity index (χ3v) is 5.54. The summed E-state index contributed by atoms with van der Waals surface area (Å²) in [4.78, 5) is 25.1. The third kappa shape index (κ3) is 1.57. The lowest BCUT2D eigenvalue weighted by molar-refractivity contribution is -0.140. The molecule has 2 aromatic heterocycles. The molecule has 2 aliphatic rings. The summed E-state index contributed by atoms with van der Waals surface area (Å²) in [5, 5.41) is 1.14. The molecule has 0 spiro atoms. The first kappa shape index (κ1) is 12.1. The molecule has 4 rings (SSSR count). The highest BCUT2D eigenvalue weighted by Gasteiger charge is 2.44. The average molecular weight is 289 g/mol. The van der Waals surface area contributed by atoms with Crippen molar-refractivity contribution < 1.29 is 9.53 Å². The Labute approximate surface area is 120 Å². The fraction of sp³-hybridized carbons (Fsp3) is 0.500. The molecule has 0 radical (unpaired) electrons. The molecule has 2 aromatic rings. The van der Waals surface area contributed by atoms with Gasteiger partial charge in [-0.3, -0.25) is 4.79 Å². The standard InChI is InChI=1S/C14H15N3O2S/c1-7-8(2)20-13-11(7)12(15-6-16-13)17-3-9-5-19-14(18)10(9)4-17/h6,9-10H,3-5H2,1-2H3/t9-,10-/m1/s1. The summed E-state index contributed by atoms with van der Waals surface area (Å²) in [5.41, 5.74) is 1.25. The lowest BCUT2D eigenvalue weighted by Crippen LogP contribution is -2.24. The number of aryl methyl sites for hydroxylation is 2. The minimum atomic E-state index is -0.0546. The molecular weight excluding hydrogens is 274 g/mol. The molecule has 0 bridgehead atoms.